The minimum atomic E-state index is -0.203. The molecular formula is C8H19NO3. The van der Waals surface area contributed by atoms with Crippen LogP contribution in [0, 0.1) is 0 Å². The quantitative estimate of drug-likeness (QED) is 0.536. The molecule has 0 spiro atoms. The van der Waals surface area contributed by atoms with Crippen molar-refractivity contribution in [3.63, 3.8) is 0 Å². The van der Waals surface area contributed by atoms with Crippen molar-refractivity contribution >= 4 is 0 Å². The maximum atomic E-state index is 8.61. The number of hydrogen-bond acceptors (Lipinski definition) is 4. The SMILES string of the molecule is COC(CNC(C)CCO)OC. The predicted octanol–water partition coefficient (Wildman–Crippen LogP) is -0.0342. The van der Waals surface area contributed by atoms with Crippen molar-refractivity contribution in [3.05, 3.63) is 0 Å². The highest BCUT2D eigenvalue weighted by Crippen LogP contribution is 1.92. The largest absolute Gasteiger partial charge is 0.396 e. The first-order valence-corrected chi connectivity index (χ1v) is 4.14. The fraction of sp³-hybridized carbons (Fsp3) is 1.00. The van der Waals surface area contributed by atoms with Crippen LogP contribution < -0.4 is 5.32 Å². The van der Waals surface area contributed by atoms with Crippen LogP contribution in [-0.4, -0.2) is 44.8 Å². The summed E-state index contributed by atoms with van der Waals surface area (Å²) in [6, 6.07) is 0.294. The van der Waals surface area contributed by atoms with Crippen molar-refractivity contribution in [2.75, 3.05) is 27.4 Å². The Labute approximate surface area is 73.9 Å². The molecule has 0 rings (SSSR count). The van der Waals surface area contributed by atoms with Gasteiger partial charge in [0.1, 0.15) is 0 Å². The topological polar surface area (TPSA) is 50.7 Å². The Hall–Kier alpha value is -0.160. The van der Waals surface area contributed by atoms with Crippen molar-refractivity contribution in [2.45, 2.75) is 25.7 Å². The highest BCUT2D eigenvalue weighted by Gasteiger charge is 2.06. The number of aliphatic hydroxyl groups is 1. The summed E-state index contributed by atoms with van der Waals surface area (Å²) in [6.07, 6.45) is 0.548. The van der Waals surface area contributed by atoms with E-state index in [1.807, 2.05) is 6.92 Å². The standard InChI is InChI=1S/C8H19NO3/c1-7(4-5-10)9-6-8(11-2)12-3/h7-10H,4-6H2,1-3H3. The summed E-state index contributed by atoms with van der Waals surface area (Å²) in [5.74, 6) is 0. The monoisotopic (exact) mass is 177 g/mol. The summed E-state index contributed by atoms with van der Waals surface area (Å²) in [5.41, 5.74) is 0. The summed E-state index contributed by atoms with van der Waals surface area (Å²) in [7, 11) is 3.21. The molecule has 1 unspecified atom stereocenters. The van der Waals surface area contributed by atoms with Gasteiger partial charge in [-0.15, -0.1) is 0 Å². The minimum absolute atomic E-state index is 0.203. The second kappa shape index (κ2) is 7.49. The van der Waals surface area contributed by atoms with E-state index in [1.54, 1.807) is 14.2 Å². The van der Waals surface area contributed by atoms with E-state index in [9.17, 15) is 0 Å². The summed E-state index contributed by atoms with van der Waals surface area (Å²) in [6.45, 7) is 2.87. The first-order valence-electron chi connectivity index (χ1n) is 4.14. The molecule has 74 valence electrons. The van der Waals surface area contributed by atoms with Gasteiger partial charge in [0.25, 0.3) is 0 Å². The molecule has 0 radical (unpaired) electrons. The van der Waals surface area contributed by atoms with E-state index in [4.69, 9.17) is 14.6 Å². The van der Waals surface area contributed by atoms with Crippen molar-refractivity contribution < 1.29 is 14.6 Å². The zero-order chi connectivity index (χ0) is 9.40. The number of aliphatic hydroxyl groups excluding tert-OH is 1. The van der Waals surface area contributed by atoms with Gasteiger partial charge in [-0.3, -0.25) is 0 Å². The molecule has 0 aromatic carbocycles. The smallest absolute Gasteiger partial charge is 0.169 e. The molecule has 0 aliphatic carbocycles. The van der Waals surface area contributed by atoms with Crippen LogP contribution in [-0.2, 0) is 9.47 Å². The highest BCUT2D eigenvalue weighted by atomic mass is 16.7. The number of methoxy groups -OCH3 is 2. The summed E-state index contributed by atoms with van der Waals surface area (Å²) < 4.78 is 9.96. The zero-order valence-electron chi connectivity index (χ0n) is 8.04. The Morgan fingerprint density at radius 2 is 1.92 bits per heavy atom. The molecule has 0 heterocycles. The number of rotatable bonds is 7. The van der Waals surface area contributed by atoms with Crippen LogP contribution in [0.3, 0.4) is 0 Å². The van der Waals surface area contributed by atoms with Crippen LogP contribution in [0.5, 0.6) is 0 Å². The molecular weight excluding hydrogens is 158 g/mol. The number of nitrogens with one attached hydrogen (secondary N) is 1. The summed E-state index contributed by atoms with van der Waals surface area (Å²) >= 11 is 0. The molecule has 1 atom stereocenters. The van der Waals surface area contributed by atoms with Crippen LogP contribution in [0.1, 0.15) is 13.3 Å². The fourth-order valence-electron chi connectivity index (χ4n) is 0.856. The van der Waals surface area contributed by atoms with E-state index in [1.165, 1.54) is 0 Å². The van der Waals surface area contributed by atoms with E-state index in [-0.39, 0.29) is 12.9 Å². The third-order valence-corrected chi connectivity index (χ3v) is 1.72. The maximum Gasteiger partial charge on any atom is 0.169 e. The van der Waals surface area contributed by atoms with E-state index in [0.29, 0.717) is 12.6 Å². The lowest BCUT2D eigenvalue weighted by atomic mass is 10.2. The van der Waals surface area contributed by atoms with Gasteiger partial charge in [-0.1, -0.05) is 0 Å². The van der Waals surface area contributed by atoms with Gasteiger partial charge < -0.3 is 19.9 Å². The van der Waals surface area contributed by atoms with Gasteiger partial charge in [0.05, 0.1) is 0 Å². The third-order valence-electron chi connectivity index (χ3n) is 1.72. The molecule has 0 bridgehead atoms. The molecule has 2 N–H and O–H groups in total. The Kier molecular flexibility index (Phi) is 7.39. The van der Waals surface area contributed by atoms with Crippen LogP contribution in [0.25, 0.3) is 0 Å². The van der Waals surface area contributed by atoms with Crippen molar-refractivity contribution in [1.29, 1.82) is 0 Å². The van der Waals surface area contributed by atoms with E-state index >= 15 is 0 Å². The minimum Gasteiger partial charge on any atom is -0.396 e. The normalized spacial score (nSPS) is 13.8. The van der Waals surface area contributed by atoms with Gasteiger partial charge in [0.2, 0.25) is 0 Å². The van der Waals surface area contributed by atoms with Gasteiger partial charge in [-0.2, -0.15) is 0 Å². The molecule has 12 heavy (non-hydrogen) atoms. The predicted molar refractivity (Wildman–Crippen MR) is 47.0 cm³/mol. The molecule has 0 amide bonds. The highest BCUT2D eigenvalue weighted by molar-refractivity contribution is 4.60. The molecule has 4 heteroatoms. The molecule has 0 saturated heterocycles. The Morgan fingerprint density at radius 3 is 2.33 bits per heavy atom. The Morgan fingerprint density at radius 1 is 1.33 bits per heavy atom. The van der Waals surface area contributed by atoms with Crippen LogP contribution >= 0.6 is 0 Å². The van der Waals surface area contributed by atoms with Gasteiger partial charge in [-0.05, 0) is 13.3 Å². The third kappa shape index (κ3) is 5.49. The second-order valence-corrected chi connectivity index (χ2v) is 2.72. The molecule has 0 aliphatic rings. The van der Waals surface area contributed by atoms with Crippen LogP contribution in [0.2, 0.25) is 0 Å². The molecule has 0 aromatic heterocycles. The maximum absolute atomic E-state index is 8.61. The first kappa shape index (κ1) is 11.8. The van der Waals surface area contributed by atoms with Gasteiger partial charge in [-0.25, -0.2) is 0 Å². The first-order chi connectivity index (χ1) is 5.74. The Balaban J connectivity index is 3.37. The van der Waals surface area contributed by atoms with Gasteiger partial charge in [0.15, 0.2) is 6.29 Å². The fourth-order valence-corrected chi connectivity index (χ4v) is 0.856. The zero-order valence-corrected chi connectivity index (χ0v) is 8.04. The van der Waals surface area contributed by atoms with Crippen molar-refractivity contribution in [3.8, 4) is 0 Å². The average molecular weight is 177 g/mol. The van der Waals surface area contributed by atoms with Crippen LogP contribution in [0.15, 0.2) is 0 Å². The molecule has 0 aliphatic heterocycles. The van der Waals surface area contributed by atoms with Gasteiger partial charge >= 0.3 is 0 Å². The van der Waals surface area contributed by atoms with Crippen molar-refractivity contribution in [2.24, 2.45) is 0 Å². The molecule has 4 nitrogen and oxygen atoms in total. The Bertz CT molecular complexity index is 96.3. The number of hydrogen-bond donors (Lipinski definition) is 2. The van der Waals surface area contributed by atoms with E-state index in [2.05, 4.69) is 5.32 Å². The summed E-state index contributed by atoms with van der Waals surface area (Å²) in [4.78, 5) is 0. The molecule has 0 saturated carbocycles. The van der Waals surface area contributed by atoms with Crippen molar-refractivity contribution in [1.82, 2.24) is 5.32 Å². The summed E-state index contributed by atoms with van der Waals surface area (Å²) in [5, 5.41) is 11.8. The van der Waals surface area contributed by atoms with Gasteiger partial charge in [0, 0.05) is 33.4 Å². The average Bonchev–Trinajstić information content (AvgIpc) is 2.07. The lowest BCUT2D eigenvalue weighted by Crippen LogP contribution is -2.36. The van der Waals surface area contributed by atoms with E-state index in [0.717, 1.165) is 6.42 Å². The van der Waals surface area contributed by atoms with Crippen LogP contribution in [0.4, 0.5) is 0 Å². The lowest BCUT2D eigenvalue weighted by molar-refractivity contribution is -0.0998. The van der Waals surface area contributed by atoms with E-state index < -0.39 is 0 Å². The number of ether oxygens (including phenoxy) is 2. The second-order valence-electron chi connectivity index (χ2n) is 2.72. The lowest BCUT2D eigenvalue weighted by Gasteiger charge is -2.17. The molecule has 0 fully saturated rings. The molecule has 0 aromatic rings.